The Morgan fingerprint density at radius 1 is 1.59 bits per heavy atom. The largest absolute Gasteiger partial charge is 0.339 e. The molecule has 0 aliphatic carbocycles. The maximum atomic E-state index is 12.0. The number of rotatable bonds is 3. The lowest BCUT2D eigenvalue weighted by Gasteiger charge is -2.11. The van der Waals surface area contributed by atoms with E-state index in [0.717, 1.165) is 0 Å². The molecule has 0 aliphatic rings. The second-order valence-electron chi connectivity index (χ2n) is 3.99. The molecule has 0 aromatic carbocycles. The van der Waals surface area contributed by atoms with Crippen LogP contribution in [0.2, 0.25) is 5.02 Å². The summed E-state index contributed by atoms with van der Waals surface area (Å²) in [5.74, 6) is -0.202. The van der Waals surface area contributed by atoms with Crippen LogP contribution < -0.4 is 5.32 Å². The lowest BCUT2D eigenvalue weighted by Crippen LogP contribution is -2.17. The van der Waals surface area contributed by atoms with Crippen molar-refractivity contribution in [1.82, 2.24) is 14.8 Å². The van der Waals surface area contributed by atoms with Gasteiger partial charge in [-0.2, -0.15) is 5.10 Å². The number of aromatic amines is 1. The van der Waals surface area contributed by atoms with Gasteiger partial charge in [0.05, 0.1) is 16.9 Å². The molecule has 0 unspecified atom stereocenters. The molecule has 0 saturated carbocycles. The quantitative estimate of drug-likeness (QED) is 0.882. The molecule has 2 rings (SSSR count). The Morgan fingerprint density at radius 3 is 2.94 bits per heavy atom. The lowest BCUT2D eigenvalue weighted by molar-refractivity contribution is 0.101. The molecule has 2 aromatic rings. The topological polar surface area (TPSA) is 62.7 Å². The second-order valence-corrected chi connectivity index (χ2v) is 4.42. The highest BCUT2D eigenvalue weighted by atomic mass is 35.5. The average molecular weight is 253 g/mol. The van der Waals surface area contributed by atoms with Gasteiger partial charge in [-0.05, 0) is 19.9 Å². The Hall–Kier alpha value is -1.75. The van der Waals surface area contributed by atoms with Crippen molar-refractivity contribution >= 4 is 23.2 Å². The normalized spacial score (nSPS) is 10.8. The Kier molecular flexibility index (Phi) is 3.19. The molecule has 0 fully saturated rings. The molecule has 2 N–H and O–H groups in total. The van der Waals surface area contributed by atoms with Crippen molar-refractivity contribution in [3.8, 4) is 0 Å². The maximum Gasteiger partial charge on any atom is 0.272 e. The summed E-state index contributed by atoms with van der Waals surface area (Å²) in [6, 6.07) is 1.82. The van der Waals surface area contributed by atoms with Gasteiger partial charge in [0.1, 0.15) is 5.69 Å². The smallest absolute Gasteiger partial charge is 0.272 e. The third-order valence-electron chi connectivity index (χ3n) is 2.36. The van der Waals surface area contributed by atoms with Crippen molar-refractivity contribution < 1.29 is 4.79 Å². The number of nitrogens with zero attached hydrogens (tertiary/aromatic N) is 2. The summed E-state index contributed by atoms with van der Waals surface area (Å²) in [4.78, 5) is 12.0. The summed E-state index contributed by atoms with van der Waals surface area (Å²) in [5, 5.41) is 9.68. The predicted octanol–water partition coefficient (Wildman–Crippen LogP) is 2.70. The molecular formula is C11H13ClN4O. The zero-order valence-corrected chi connectivity index (χ0v) is 10.3. The third kappa shape index (κ3) is 2.50. The van der Waals surface area contributed by atoms with Crippen LogP contribution in [0.15, 0.2) is 24.7 Å². The number of H-pyrrole nitrogens is 1. The highest BCUT2D eigenvalue weighted by Crippen LogP contribution is 2.19. The Balaban J connectivity index is 2.24. The zero-order chi connectivity index (χ0) is 12.4. The molecule has 0 bridgehead atoms. The van der Waals surface area contributed by atoms with E-state index in [4.69, 9.17) is 11.6 Å². The van der Waals surface area contributed by atoms with Gasteiger partial charge in [-0.1, -0.05) is 11.6 Å². The van der Waals surface area contributed by atoms with Gasteiger partial charge in [0.25, 0.3) is 5.91 Å². The molecule has 0 saturated heterocycles. The molecule has 17 heavy (non-hydrogen) atoms. The number of anilines is 1. The van der Waals surface area contributed by atoms with E-state index in [-0.39, 0.29) is 11.9 Å². The molecule has 0 atom stereocenters. The van der Waals surface area contributed by atoms with Gasteiger partial charge in [-0.25, -0.2) is 0 Å². The molecule has 1 amide bonds. The minimum atomic E-state index is -0.202. The first-order chi connectivity index (χ1) is 8.08. The number of nitrogens with one attached hydrogen (secondary N) is 2. The highest BCUT2D eigenvalue weighted by molar-refractivity contribution is 6.31. The van der Waals surface area contributed by atoms with E-state index < -0.39 is 0 Å². The van der Waals surface area contributed by atoms with Crippen LogP contribution in [0.3, 0.4) is 0 Å². The number of hydrogen-bond acceptors (Lipinski definition) is 2. The van der Waals surface area contributed by atoms with Crippen molar-refractivity contribution in [3.63, 3.8) is 0 Å². The fourth-order valence-corrected chi connectivity index (χ4v) is 1.78. The van der Waals surface area contributed by atoms with Crippen LogP contribution in [0.5, 0.6) is 0 Å². The molecule has 5 nitrogen and oxygen atoms in total. The molecule has 90 valence electrons. The Morgan fingerprint density at radius 2 is 2.35 bits per heavy atom. The fourth-order valence-electron chi connectivity index (χ4n) is 1.57. The van der Waals surface area contributed by atoms with Crippen LogP contribution in [0.25, 0.3) is 0 Å². The van der Waals surface area contributed by atoms with Gasteiger partial charge < -0.3 is 9.88 Å². The molecule has 6 heteroatoms. The number of amides is 1. The van der Waals surface area contributed by atoms with Gasteiger partial charge in [0.15, 0.2) is 0 Å². The summed E-state index contributed by atoms with van der Waals surface area (Å²) in [7, 11) is 0. The van der Waals surface area contributed by atoms with Crippen LogP contribution in [0.4, 0.5) is 5.69 Å². The highest BCUT2D eigenvalue weighted by Gasteiger charge is 2.15. The summed E-state index contributed by atoms with van der Waals surface area (Å²) < 4.78 is 1.83. The first-order valence-corrected chi connectivity index (χ1v) is 5.63. The maximum absolute atomic E-state index is 12.0. The standard InChI is InChI=1S/C11H13ClN4O/c1-7(2)16-6-8(12)3-10(16)11(17)15-9-4-13-14-5-9/h3-7H,1-2H3,(H,13,14)(H,15,17). The second kappa shape index (κ2) is 4.63. The number of carbonyl (C=O) groups is 1. The van der Waals surface area contributed by atoms with Crippen molar-refractivity contribution in [2.75, 3.05) is 5.32 Å². The van der Waals surface area contributed by atoms with E-state index in [0.29, 0.717) is 16.4 Å². The van der Waals surface area contributed by atoms with Crippen molar-refractivity contribution in [2.24, 2.45) is 0 Å². The Labute approximate surface area is 104 Å². The molecule has 0 aliphatic heterocycles. The summed E-state index contributed by atoms with van der Waals surface area (Å²) in [6.45, 7) is 3.98. The van der Waals surface area contributed by atoms with E-state index >= 15 is 0 Å². The SMILES string of the molecule is CC(C)n1cc(Cl)cc1C(=O)Nc1cn[nH]c1. The Bertz CT molecular complexity index is 516. The van der Waals surface area contributed by atoms with Crippen LogP contribution in [-0.4, -0.2) is 20.7 Å². The molecule has 0 spiro atoms. The van der Waals surface area contributed by atoms with E-state index in [9.17, 15) is 4.79 Å². The van der Waals surface area contributed by atoms with Crippen LogP contribution in [0.1, 0.15) is 30.4 Å². The van der Waals surface area contributed by atoms with Crippen LogP contribution in [0, 0.1) is 0 Å². The van der Waals surface area contributed by atoms with Gasteiger partial charge in [-0.15, -0.1) is 0 Å². The van der Waals surface area contributed by atoms with Gasteiger partial charge in [0.2, 0.25) is 0 Å². The number of hydrogen-bond donors (Lipinski definition) is 2. The molecule has 2 aromatic heterocycles. The number of aromatic nitrogens is 3. The first kappa shape index (κ1) is 11.7. The summed E-state index contributed by atoms with van der Waals surface area (Å²) in [6.07, 6.45) is 4.90. The summed E-state index contributed by atoms with van der Waals surface area (Å²) >= 11 is 5.92. The summed E-state index contributed by atoms with van der Waals surface area (Å²) in [5.41, 5.74) is 1.16. The van der Waals surface area contributed by atoms with Crippen molar-refractivity contribution in [3.05, 3.63) is 35.4 Å². The van der Waals surface area contributed by atoms with Crippen LogP contribution >= 0.6 is 11.6 Å². The van der Waals surface area contributed by atoms with Crippen molar-refractivity contribution in [1.29, 1.82) is 0 Å². The molecule has 2 heterocycles. The van der Waals surface area contributed by atoms with E-state index in [1.54, 1.807) is 24.7 Å². The van der Waals surface area contributed by atoms with Crippen molar-refractivity contribution in [2.45, 2.75) is 19.9 Å². The van der Waals surface area contributed by atoms with Gasteiger partial charge in [0, 0.05) is 18.4 Å². The lowest BCUT2D eigenvalue weighted by atomic mass is 10.3. The van der Waals surface area contributed by atoms with E-state index in [2.05, 4.69) is 15.5 Å². The number of halogens is 1. The minimum Gasteiger partial charge on any atom is -0.339 e. The molecular weight excluding hydrogens is 240 g/mol. The van der Waals surface area contributed by atoms with Crippen LogP contribution in [-0.2, 0) is 0 Å². The average Bonchev–Trinajstić information content (AvgIpc) is 2.86. The van der Waals surface area contributed by atoms with Gasteiger partial charge >= 0.3 is 0 Å². The fraction of sp³-hybridized carbons (Fsp3) is 0.273. The van der Waals surface area contributed by atoms with Gasteiger partial charge in [-0.3, -0.25) is 9.89 Å². The van der Waals surface area contributed by atoms with E-state index in [1.807, 2.05) is 18.4 Å². The molecule has 0 radical (unpaired) electrons. The monoisotopic (exact) mass is 252 g/mol. The third-order valence-corrected chi connectivity index (χ3v) is 2.57. The number of carbonyl (C=O) groups excluding carboxylic acids is 1. The minimum absolute atomic E-state index is 0.174. The van der Waals surface area contributed by atoms with E-state index in [1.165, 1.54) is 0 Å². The first-order valence-electron chi connectivity index (χ1n) is 5.25. The zero-order valence-electron chi connectivity index (χ0n) is 9.57. The predicted molar refractivity (Wildman–Crippen MR) is 66.4 cm³/mol.